The van der Waals surface area contributed by atoms with E-state index in [9.17, 15) is 0 Å². The van der Waals surface area contributed by atoms with Crippen LogP contribution in [0.15, 0.2) is 73.3 Å². The number of hydrogen-bond donors (Lipinski definition) is 0. The van der Waals surface area contributed by atoms with Crippen molar-refractivity contribution >= 4 is 25.3 Å². The molecule has 1 radical (unpaired) electrons. The van der Waals surface area contributed by atoms with E-state index >= 15 is 0 Å². The smallest absolute Gasteiger partial charge is 0.106 e. The van der Waals surface area contributed by atoms with Gasteiger partial charge in [-0.2, -0.15) is 0 Å². The first-order valence-corrected chi connectivity index (χ1v) is 7.22. The van der Waals surface area contributed by atoms with Gasteiger partial charge < -0.3 is 4.79 Å². The fraction of sp³-hybridized carbons (Fsp3) is 0.0625. The minimum atomic E-state index is -0.269. The Morgan fingerprint density at radius 3 is 1.53 bits per heavy atom. The van der Waals surface area contributed by atoms with Gasteiger partial charge in [0.15, 0.2) is 0 Å². The van der Waals surface area contributed by atoms with E-state index in [-0.39, 0.29) is 27.4 Å². The number of rotatable bonds is 4. The summed E-state index contributed by atoms with van der Waals surface area (Å²) in [4.78, 5) is 8.00. The fourth-order valence-electron chi connectivity index (χ4n) is 1.70. The van der Waals surface area contributed by atoms with Gasteiger partial charge in [-0.15, -0.1) is 6.58 Å². The zero-order valence-electron chi connectivity index (χ0n) is 10.7. The van der Waals surface area contributed by atoms with Gasteiger partial charge >= 0.3 is 0 Å². The van der Waals surface area contributed by atoms with Crippen molar-refractivity contribution in [2.75, 3.05) is 6.16 Å². The van der Waals surface area contributed by atoms with Crippen LogP contribution in [0, 0.1) is 0 Å². The van der Waals surface area contributed by atoms with Crippen LogP contribution in [-0.4, -0.2) is 13.0 Å². The van der Waals surface area contributed by atoms with Crippen molar-refractivity contribution in [3.63, 3.8) is 0 Å². The van der Waals surface area contributed by atoms with Gasteiger partial charge in [-0.1, -0.05) is 66.7 Å². The standard InChI is InChI=1S/C15H15P.CH2O.Rh/c1-2-13-16(14-9-5-3-6-10-14)15-11-7-4-8-12-15;1-2;/h2-12H,1,13H2;1H2;. The van der Waals surface area contributed by atoms with Crippen LogP contribution in [-0.2, 0) is 24.3 Å². The molecule has 0 N–H and O–H groups in total. The Morgan fingerprint density at radius 1 is 0.842 bits per heavy atom. The maximum atomic E-state index is 8.00. The molecule has 0 saturated heterocycles. The van der Waals surface area contributed by atoms with E-state index < -0.39 is 0 Å². The predicted octanol–water partition coefficient (Wildman–Crippen LogP) is 3.12. The van der Waals surface area contributed by atoms with Gasteiger partial charge in [-0.25, -0.2) is 0 Å². The molecule has 0 unspecified atom stereocenters. The summed E-state index contributed by atoms with van der Waals surface area (Å²) in [5.41, 5.74) is 0. The first-order chi connectivity index (χ1) is 8.92. The minimum Gasteiger partial charge on any atom is -0.307 e. The molecule has 0 aromatic heterocycles. The van der Waals surface area contributed by atoms with Gasteiger partial charge in [-0.05, 0) is 24.7 Å². The molecule has 1 nitrogen and oxygen atoms in total. The molecule has 2 aromatic carbocycles. The Balaban J connectivity index is 0.00000103. The molecule has 0 spiro atoms. The SMILES string of the molecule is C=CCP(c1ccccc1)c1ccccc1.C=O.[Rh]. The molecule has 0 bridgehead atoms. The largest absolute Gasteiger partial charge is 0.307 e. The third-order valence-corrected chi connectivity index (χ3v) is 4.91. The quantitative estimate of drug-likeness (QED) is 0.466. The summed E-state index contributed by atoms with van der Waals surface area (Å²) in [5, 5.41) is 2.84. The molecule has 19 heavy (non-hydrogen) atoms. The van der Waals surface area contributed by atoms with Gasteiger partial charge in [0.1, 0.15) is 6.79 Å². The topological polar surface area (TPSA) is 17.1 Å². The maximum Gasteiger partial charge on any atom is 0.106 e. The molecule has 2 aromatic rings. The second-order valence-electron chi connectivity index (χ2n) is 3.57. The molecule has 0 fully saturated rings. The van der Waals surface area contributed by atoms with Crippen LogP contribution in [0.1, 0.15) is 0 Å². The summed E-state index contributed by atoms with van der Waals surface area (Å²) in [6.07, 6.45) is 3.06. The molecule has 0 aliphatic heterocycles. The summed E-state index contributed by atoms with van der Waals surface area (Å²) in [6, 6.07) is 21.4. The summed E-state index contributed by atoms with van der Waals surface area (Å²) in [6.45, 7) is 5.87. The summed E-state index contributed by atoms with van der Waals surface area (Å²) < 4.78 is 0. The molecular formula is C16H17OPRh. The monoisotopic (exact) mass is 359 g/mol. The molecule has 0 amide bonds. The summed E-state index contributed by atoms with van der Waals surface area (Å²) in [5.74, 6) is 0. The first kappa shape index (κ1) is 17.9. The molecular weight excluding hydrogens is 342 g/mol. The van der Waals surface area contributed by atoms with Crippen LogP contribution in [0.3, 0.4) is 0 Å². The third kappa shape index (κ3) is 5.60. The Bertz CT molecular complexity index is 419. The van der Waals surface area contributed by atoms with Crippen LogP contribution >= 0.6 is 7.92 Å². The van der Waals surface area contributed by atoms with E-state index in [0.29, 0.717) is 0 Å². The van der Waals surface area contributed by atoms with Crippen molar-refractivity contribution in [1.82, 2.24) is 0 Å². The van der Waals surface area contributed by atoms with Crippen LogP contribution in [0.25, 0.3) is 0 Å². The van der Waals surface area contributed by atoms with E-state index in [4.69, 9.17) is 4.79 Å². The Hall–Kier alpha value is -1.10. The van der Waals surface area contributed by atoms with Crippen molar-refractivity contribution in [3.05, 3.63) is 73.3 Å². The second-order valence-corrected chi connectivity index (χ2v) is 5.82. The van der Waals surface area contributed by atoms with Crippen LogP contribution < -0.4 is 10.6 Å². The van der Waals surface area contributed by atoms with E-state index in [1.165, 1.54) is 10.6 Å². The van der Waals surface area contributed by atoms with Gasteiger partial charge in [0, 0.05) is 19.5 Å². The second kappa shape index (κ2) is 10.8. The summed E-state index contributed by atoms with van der Waals surface area (Å²) >= 11 is 0. The normalized spacial score (nSPS) is 8.89. The van der Waals surface area contributed by atoms with Crippen LogP contribution in [0.4, 0.5) is 0 Å². The van der Waals surface area contributed by atoms with Crippen LogP contribution in [0.5, 0.6) is 0 Å². The Morgan fingerprint density at radius 2 is 1.21 bits per heavy atom. The molecule has 3 heteroatoms. The molecule has 0 saturated carbocycles. The number of carbonyl (C=O) groups is 1. The van der Waals surface area contributed by atoms with Crippen molar-refractivity contribution in [3.8, 4) is 0 Å². The van der Waals surface area contributed by atoms with Gasteiger partial charge in [0.25, 0.3) is 0 Å². The maximum absolute atomic E-state index is 8.00. The minimum absolute atomic E-state index is 0. The van der Waals surface area contributed by atoms with Crippen molar-refractivity contribution in [2.24, 2.45) is 0 Å². The average Bonchev–Trinajstić information content (AvgIpc) is 2.49. The zero-order chi connectivity index (χ0) is 13.2. The van der Waals surface area contributed by atoms with Gasteiger partial charge in [-0.3, -0.25) is 0 Å². The van der Waals surface area contributed by atoms with Crippen molar-refractivity contribution in [1.29, 1.82) is 0 Å². The van der Waals surface area contributed by atoms with Crippen LogP contribution in [0.2, 0.25) is 0 Å². The van der Waals surface area contributed by atoms with E-state index in [1.54, 1.807) is 0 Å². The van der Waals surface area contributed by atoms with E-state index in [0.717, 1.165) is 6.16 Å². The molecule has 2 rings (SSSR count). The molecule has 0 aliphatic rings. The van der Waals surface area contributed by atoms with Gasteiger partial charge in [0.2, 0.25) is 0 Å². The van der Waals surface area contributed by atoms with Crippen molar-refractivity contribution in [2.45, 2.75) is 0 Å². The fourth-order valence-corrected chi connectivity index (χ4v) is 3.75. The van der Waals surface area contributed by atoms with E-state index in [2.05, 4.69) is 67.2 Å². The average molecular weight is 359 g/mol. The first-order valence-electron chi connectivity index (χ1n) is 5.69. The number of hydrogen-bond acceptors (Lipinski definition) is 1. The predicted molar refractivity (Wildman–Crippen MR) is 81.3 cm³/mol. The third-order valence-electron chi connectivity index (χ3n) is 2.45. The molecule has 0 heterocycles. The van der Waals surface area contributed by atoms with Crippen molar-refractivity contribution < 1.29 is 24.3 Å². The molecule has 0 aliphatic carbocycles. The molecule has 0 atom stereocenters. The zero-order valence-corrected chi connectivity index (χ0v) is 13.2. The number of carbonyl (C=O) groups excluding carboxylic acids is 1. The number of allylic oxidation sites excluding steroid dienone is 1. The van der Waals surface area contributed by atoms with Gasteiger partial charge in [0.05, 0.1) is 0 Å². The van der Waals surface area contributed by atoms with E-state index in [1.807, 2.05) is 12.9 Å². The summed E-state index contributed by atoms with van der Waals surface area (Å²) in [7, 11) is -0.269. The number of benzene rings is 2. The Labute approximate surface area is 129 Å². The molecule has 101 valence electrons. The Kier molecular flexibility index (Phi) is 10.2.